The van der Waals surface area contributed by atoms with Crippen molar-refractivity contribution in [2.75, 3.05) is 12.0 Å². The highest BCUT2D eigenvalue weighted by Crippen LogP contribution is 2.32. The minimum atomic E-state index is -0.0231. The molecule has 0 atom stereocenters. The summed E-state index contributed by atoms with van der Waals surface area (Å²) in [6.45, 7) is 0. The predicted molar refractivity (Wildman–Crippen MR) is 77.1 cm³/mol. The van der Waals surface area contributed by atoms with Crippen LogP contribution >= 0.6 is 0 Å². The van der Waals surface area contributed by atoms with E-state index >= 15 is 0 Å². The second-order valence-corrected chi connectivity index (χ2v) is 4.83. The van der Waals surface area contributed by atoms with E-state index in [0.29, 0.717) is 17.1 Å². The van der Waals surface area contributed by atoms with Gasteiger partial charge in [0.2, 0.25) is 0 Å². The Labute approximate surface area is 118 Å². The number of amides is 1. The highest BCUT2D eigenvalue weighted by atomic mass is 16.5. The topological polar surface area (TPSA) is 42.4 Å². The summed E-state index contributed by atoms with van der Waals surface area (Å²) in [5.41, 5.74) is 0.627. The van der Waals surface area contributed by atoms with Crippen molar-refractivity contribution in [3.8, 4) is 5.75 Å². The van der Waals surface area contributed by atoms with E-state index in [1.54, 1.807) is 24.3 Å². The zero-order valence-corrected chi connectivity index (χ0v) is 11.3. The number of methoxy groups -OCH3 is 1. The molecule has 0 spiro atoms. The molecule has 1 aliphatic rings. The number of carbonyl (C=O) groups excluding carboxylic acids is 1. The standard InChI is InChI=1S/C16H16N2O2/c1-20-14-6-4-5-12(11-14)16(19)18(13-8-9-13)15-7-2-3-10-17-15/h2-7,10-11,13H,8-9H2,1H3. The van der Waals surface area contributed by atoms with Gasteiger partial charge in [0, 0.05) is 17.8 Å². The summed E-state index contributed by atoms with van der Waals surface area (Å²) in [6, 6.07) is 13.1. The minimum Gasteiger partial charge on any atom is -0.497 e. The Morgan fingerprint density at radius 1 is 1.25 bits per heavy atom. The number of aromatic nitrogens is 1. The molecule has 0 saturated heterocycles. The summed E-state index contributed by atoms with van der Waals surface area (Å²) in [5, 5.41) is 0. The van der Waals surface area contributed by atoms with Gasteiger partial charge in [-0.1, -0.05) is 12.1 Å². The van der Waals surface area contributed by atoms with Crippen LogP contribution in [0.15, 0.2) is 48.7 Å². The van der Waals surface area contributed by atoms with Crippen LogP contribution < -0.4 is 9.64 Å². The average Bonchev–Trinajstić information content (AvgIpc) is 3.33. The van der Waals surface area contributed by atoms with Crippen LogP contribution in [-0.2, 0) is 0 Å². The third-order valence-electron chi connectivity index (χ3n) is 3.34. The fraction of sp³-hybridized carbons (Fsp3) is 0.250. The smallest absolute Gasteiger partial charge is 0.259 e. The number of ether oxygens (including phenoxy) is 1. The largest absolute Gasteiger partial charge is 0.497 e. The average molecular weight is 268 g/mol. The second-order valence-electron chi connectivity index (χ2n) is 4.83. The van der Waals surface area contributed by atoms with E-state index in [0.717, 1.165) is 12.8 Å². The molecule has 20 heavy (non-hydrogen) atoms. The monoisotopic (exact) mass is 268 g/mol. The maximum atomic E-state index is 12.7. The summed E-state index contributed by atoms with van der Waals surface area (Å²) in [4.78, 5) is 18.8. The van der Waals surface area contributed by atoms with Crippen LogP contribution in [0.25, 0.3) is 0 Å². The SMILES string of the molecule is COc1cccc(C(=O)N(c2ccccn2)C2CC2)c1. The number of carbonyl (C=O) groups is 1. The molecule has 3 rings (SSSR count). The van der Waals surface area contributed by atoms with Crippen molar-refractivity contribution >= 4 is 11.7 Å². The van der Waals surface area contributed by atoms with Gasteiger partial charge in [-0.3, -0.25) is 9.69 Å². The molecular weight excluding hydrogens is 252 g/mol. The lowest BCUT2D eigenvalue weighted by atomic mass is 10.2. The van der Waals surface area contributed by atoms with E-state index in [9.17, 15) is 4.79 Å². The second kappa shape index (κ2) is 5.33. The highest BCUT2D eigenvalue weighted by molar-refractivity contribution is 6.06. The molecule has 1 aromatic heterocycles. The third kappa shape index (κ3) is 2.50. The molecule has 1 heterocycles. The van der Waals surface area contributed by atoms with E-state index in [1.807, 2.05) is 36.4 Å². The molecule has 0 aliphatic heterocycles. The number of benzene rings is 1. The van der Waals surface area contributed by atoms with Gasteiger partial charge < -0.3 is 4.74 Å². The van der Waals surface area contributed by atoms with Crippen LogP contribution in [-0.4, -0.2) is 24.0 Å². The van der Waals surface area contributed by atoms with Gasteiger partial charge in [-0.05, 0) is 43.2 Å². The number of nitrogens with zero attached hydrogens (tertiary/aromatic N) is 2. The Morgan fingerprint density at radius 2 is 2.10 bits per heavy atom. The highest BCUT2D eigenvalue weighted by Gasteiger charge is 2.35. The van der Waals surface area contributed by atoms with Crippen LogP contribution in [0.5, 0.6) is 5.75 Å². The van der Waals surface area contributed by atoms with Crippen molar-refractivity contribution in [1.82, 2.24) is 4.98 Å². The van der Waals surface area contributed by atoms with Crippen molar-refractivity contribution in [3.63, 3.8) is 0 Å². The molecule has 4 heteroatoms. The molecule has 0 bridgehead atoms. The zero-order chi connectivity index (χ0) is 13.9. The molecular formula is C16H16N2O2. The molecule has 1 amide bonds. The van der Waals surface area contributed by atoms with Gasteiger partial charge in [0.25, 0.3) is 5.91 Å². The van der Waals surface area contributed by atoms with Gasteiger partial charge in [0.15, 0.2) is 0 Å². The molecule has 2 aromatic rings. The quantitative estimate of drug-likeness (QED) is 0.856. The molecule has 0 N–H and O–H groups in total. The van der Waals surface area contributed by atoms with Crippen molar-refractivity contribution in [1.29, 1.82) is 0 Å². The molecule has 0 radical (unpaired) electrons. The Hall–Kier alpha value is -2.36. The lowest BCUT2D eigenvalue weighted by molar-refractivity contribution is 0.0984. The summed E-state index contributed by atoms with van der Waals surface area (Å²) < 4.78 is 5.18. The molecule has 1 fully saturated rings. The van der Waals surface area contributed by atoms with E-state index < -0.39 is 0 Å². The molecule has 102 valence electrons. The van der Waals surface area contributed by atoms with Crippen LogP contribution in [0, 0.1) is 0 Å². The van der Waals surface area contributed by atoms with E-state index in [4.69, 9.17) is 4.74 Å². The van der Waals surface area contributed by atoms with E-state index in [-0.39, 0.29) is 11.9 Å². The predicted octanol–water partition coefficient (Wildman–Crippen LogP) is 2.90. The number of rotatable bonds is 4. The summed E-state index contributed by atoms with van der Waals surface area (Å²) in [7, 11) is 1.60. The van der Waals surface area contributed by atoms with Gasteiger partial charge >= 0.3 is 0 Å². The first kappa shape index (κ1) is 12.7. The zero-order valence-electron chi connectivity index (χ0n) is 11.3. The van der Waals surface area contributed by atoms with Crippen molar-refractivity contribution in [2.45, 2.75) is 18.9 Å². The lowest BCUT2D eigenvalue weighted by Gasteiger charge is -2.21. The van der Waals surface area contributed by atoms with E-state index in [1.165, 1.54) is 0 Å². The van der Waals surface area contributed by atoms with Gasteiger partial charge in [-0.15, -0.1) is 0 Å². The third-order valence-corrected chi connectivity index (χ3v) is 3.34. The normalized spacial score (nSPS) is 13.8. The summed E-state index contributed by atoms with van der Waals surface area (Å²) in [6.07, 6.45) is 3.78. The first-order chi connectivity index (χ1) is 9.79. The molecule has 0 unspecified atom stereocenters. The molecule has 1 aliphatic carbocycles. The Morgan fingerprint density at radius 3 is 2.75 bits per heavy atom. The maximum absolute atomic E-state index is 12.7. The Bertz CT molecular complexity index is 609. The summed E-state index contributed by atoms with van der Waals surface area (Å²) >= 11 is 0. The van der Waals surface area contributed by atoms with Crippen molar-refractivity contribution < 1.29 is 9.53 Å². The fourth-order valence-corrected chi connectivity index (χ4v) is 2.18. The summed E-state index contributed by atoms with van der Waals surface area (Å²) in [5.74, 6) is 1.38. The number of pyridine rings is 1. The van der Waals surface area contributed by atoms with Crippen molar-refractivity contribution in [3.05, 3.63) is 54.2 Å². The number of hydrogen-bond donors (Lipinski definition) is 0. The minimum absolute atomic E-state index is 0.0231. The van der Waals surface area contributed by atoms with Gasteiger partial charge in [-0.2, -0.15) is 0 Å². The Balaban J connectivity index is 1.93. The molecule has 1 saturated carbocycles. The fourth-order valence-electron chi connectivity index (χ4n) is 2.18. The van der Waals surface area contributed by atoms with Crippen LogP contribution in [0.1, 0.15) is 23.2 Å². The van der Waals surface area contributed by atoms with Crippen LogP contribution in [0.2, 0.25) is 0 Å². The van der Waals surface area contributed by atoms with E-state index in [2.05, 4.69) is 4.98 Å². The number of hydrogen-bond acceptors (Lipinski definition) is 3. The van der Waals surface area contributed by atoms with Crippen LogP contribution in [0.3, 0.4) is 0 Å². The van der Waals surface area contributed by atoms with Crippen molar-refractivity contribution in [2.24, 2.45) is 0 Å². The molecule has 4 nitrogen and oxygen atoms in total. The first-order valence-corrected chi connectivity index (χ1v) is 6.68. The van der Waals surface area contributed by atoms with Crippen LogP contribution in [0.4, 0.5) is 5.82 Å². The van der Waals surface area contributed by atoms with Gasteiger partial charge in [0.1, 0.15) is 11.6 Å². The lowest BCUT2D eigenvalue weighted by Crippen LogP contribution is -2.33. The van der Waals surface area contributed by atoms with Gasteiger partial charge in [0.05, 0.1) is 7.11 Å². The number of anilines is 1. The van der Waals surface area contributed by atoms with Gasteiger partial charge in [-0.25, -0.2) is 4.98 Å². The molecule has 1 aromatic carbocycles. The Kier molecular flexibility index (Phi) is 3.37. The maximum Gasteiger partial charge on any atom is 0.259 e. The first-order valence-electron chi connectivity index (χ1n) is 6.68.